The molecule has 0 aromatic rings. The highest BCUT2D eigenvalue weighted by Crippen LogP contribution is 2.38. The molecule has 0 radical (unpaired) electrons. The number of aliphatic hydroxyl groups is 5. The summed E-state index contributed by atoms with van der Waals surface area (Å²) in [7, 11) is 0. The van der Waals surface area contributed by atoms with Crippen LogP contribution in [0.5, 0.6) is 0 Å². The third-order valence-electron chi connectivity index (χ3n) is 13.7. The first-order valence-corrected chi connectivity index (χ1v) is 22.7. The Morgan fingerprint density at radius 3 is 2.25 bits per heavy atom. The fourth-order valence-electron chi connectivity index (χ4n) is 9.37. The summed E-state index contributed by atoms with van der Waals surface area (Å²) in [6.45, 7) is 13.2. The number of rotatable bonds is 3. The van der Waals surface area contributed by atoms with E-state index >= 15 is 0 Å². The molecule has 1 amide bonds. The quantitative estimate of drug-likeness (QED) is 0.164. The number of hydrogen-bond acceptors (Lipinski definition) is 11. The maximum Gasteiger partial charge on any atom is 0.329 e. The van der Waals surface area contributed by atoms with E-state index in [1.54, 1.807) is 19.9 Å². The predicted molar refractivity (Wildman–Crippen MR) is 229 cm³/mol. The molecule has 2 saturated heterocycles. The lowest BCUT2D eigenvalue weighted by atomic mass is 9.78. The highest BCUT2D eigenvalue weighted by atomic mass is 16.6. The zero-order chi connectivity index (χ0) is 44.3. The number of piperidine rings is 1. The highest BCUT2D eigenvalue weighted by molar-refractivity contribution is 5.86. The highest BCUT2D eigenvalue weighted by Gasteiger charge is 2.46. The van der Waals surface area contributed by atoms with E-state index in [1.165, 1.54) is 4.90 Å². The maximum atomic E-state index is 14.2. The number of allylic oxidation sites excluding steroid dienone is 6. The average molecular weight is 842 g/mol. The molecule has 1 aliphatic carbocycles. The normalized spacial score (nSPS) is 41.5. The van der Waals surface area contributed by atoms with Gasteiger partial charge in [-0.1, -0.05) is 71.1 Å². The summed E-state index contributed by atoms with van der Waals surface area (Å²) in [5.74, 6) is -4.65. The lowest BCUT2D eigenvalue weighted by Gasteiger charge is -2.44. The summed E-state index contributed by atoms with van der Waals surface area (Å²) < 4.78 is 12.5. The standard InChI is InChI=1S/C48H75NO11/c1-29-13-9-8-10-14-30(2)40(51)25-37-18-16-35(7)48(58,60-37)28-46(56)49-20-12-11-15-38(49)47(57)59-45(34(6)23-36-17-19-39(50)44(55)24-36)27-43(54)33(5)22-32(4)42(53)26-41(52)31(3)21-29/h8-10,13-14,22,29,31,33-40,42,44-45,50-51,53,55,58H,11-12,15-21,23-28H2,1-7H3/b10-8+,13-9+,30-14+,32-22+/t29-,31-,33-,34-,35-,36+,37+,38+,39-,40+,42+,44-,45+,48+/m1/s1. The number of amides is 1. The monoisotopic (exact) mass is 842 g/mol. The van der Waals surface area contributed by atoms with Crippen LogP contribution in [0.4, 0.5) is 0 Å². The molecular weight excluding hydrogens is 767 g/mol. The number of carbonyl (C=O) groups excluding carboxylic acids is 4. The SMILES string of the molecule is C/C1=C\[C@@H](C)C(=O)C[C@@H]([C@H](C)C[C@@H]2CC[C@@H](O)[C@H](O)C2)OC(=O)[C@@H]2CCCCN2C(=O)C[C@]2(O)O[C@@H](CC[C@H]2C)C[C@H](O)/C(C)=C/C=C/C=C/[C@@H](C)C[C@@H](C)C(=O)C[C@@H]1O. The third kappa shape index (κ3) is 14.3. The molecule has 12 nitrogen and oxygen atoms in total. The molecule has 0 unspecified atom stereocenters. The molecular formula is C48H75NO11. The van der Waals surface area contributed by atoms with E-state index in [1.807, 2.05) is 65.0 Å². The fourth-order valence-corrected chi connectivity index (χ4v) is 9.37. The Morgan fingerprint density at radius 1 is 0.800 bits per heavy atom. The molecule has 12 heteroatoms. The lowest BCUT2D eigenvalue weighted by Crippen LogP contribution is -2.54. The van der Waals surface area contributed by atoms with Crippen molar-refractivity contribution in [3.05, 3.63) is 47.6 Å². The number of fused-ring (bicyclic) bond motifs is 3. The van der Waals surface area contributed by atoms with Gasteiger partial charge in [-0.2, -0.15) is 0 Å². The van der Waals surface area contributed by atoms with Gasteiger partial charge in [0.25, 0.3) is 0 Å². The van der Waals surface area contributed by atoms with Crippen molar-refractivity contribution in [2.24, 2.45) is 35.5 Å². The summed E-state index contributed by atoms with van der Waals surface area (Å²) >= 11 is 0. The van der Waals surface area contributed by atoms with E-state index in [9.17, 15) is 44.7 Å². The van der Waals surface area contributed by atoms with Gasteiger partial charge in [0, 0.05) is 43.6 Å². The van der Waals surface area contributed by atoms with Gasteiger partial charge in [-0.25, -0.2) is 4.79 Å². The minimum Gasteiger partial charge on any atom is -0.460 e. The van der Waals surface area contributed by atoms with E-state index in [-0.39, 0.29) is 66.8 Å². The van der Waals surface area contributed by atoms with Gasteiger partial charge in [0.15, 0.2) is 5.79 Å². The van der Waals surface area contributed by atoms with Crippen LogP contribution in [-0.2, 0) is 28.7 Å². The van der Waals surface area contributed by atoms with Crippen molar-refractivity contribution in [1.29, 1.82) is 0 Å². The summed E-state index contributed by atoms with van der Waals surface area (Å²) in [6, 6.07) is -0.924. The fraction of sp³-hybridized carbons (Fsp3) is 0.750. The molecule has 338 valence electrons. The Labute approximate surface area is 358 Å². The second kappa shape index (κ2) is 22.9. The number of Topliss-reactive ketones (excluding diaryl/α,β-unsaturated/α-hetero) is 2. The zero-order valence-electron chi connectivity index (χ0n) is 37.2. The molecule has 3 aliphatic heterocycles. The van der Waals surface area contributed by atoms with Crippen LogP contribution in [0.3, 0.4) is 0 Å². The van der Waals surface area contributed by atoms with Crippen molar-refractivity contribution in [2.45, 2.75) is 187 Å². The van der Waals surface area contributed by atoms with Crippen LogP contribution in [-0.4, -0.2) is 109 Å². The molecule has 0 aromatic heterocycles. The van der Waals surface area contributed by atoms with Crippen LogP contribution in [0.1, 0.15) is 138 Å². The smallest absolute Gasteiger partial charge is 0.329 e. The van der Waals surface area contributed by atoms with Gasteiger partial charge in [-0.05, 0) is 107 Å². The molecule has 5 N–H and O–H groups in total. The number of ether oxygens (including phenoxy) is 2. The summed E-state index contributed by atoms with van der Waals surface area (Å²) in [5, 5.41) is 54.5. The van der Waals surface area contributed by atoms with E-state index in [0.717, 1.165) is 0 Å². The second-order valence-corrected chi connectivity index (χ2v) is 18.9. The second-order valence-electron chi connectivity index (χ2n) is 18.9. The van der Waals surface area contributed by atoms with Crippen LogP contribution in [0.25, 0.3) is 0 Å². The van der Waals surface area contributed by atoms with Gasteiger partial charge in [-0.15, -0.1) is 0 Å². The zero-order valence-corrected chi connectivity index (χ0v) is 37.2. The van der Waals surface area contributed by atoms with Gasteiger partial charge < -0.3 is 39.9 Å². The average Bonchev–Trinajstić information content (AvgIpc) is 3.19. The van der Waals surface area contributed by atoms with Crippen LogP contribution < -0.4 is 0 Å². The van der Waals surface area contributed by atoms with Crippen molar-refractivity contribution in [1.82, 2.24) is 4.90 Å². The molecule has 3 fully saturated rings. The summed E-state index contributed by atoms with van der Waals surface area (Å²) in [4.78, 5) is 56.9. The van der Waals surface area contributed by atoms with E-state index in [0.29, 0.717) is 81.9 Å². The van der Waals surface area contributed by atoms with Crippen LogP contribution in [0.2, 0.25) is 0 Å². The van der Waals surface area contributed by atoms with Gasteiger partial charge in [0.05, 0.1) is 36.9 Å². The van der Waals surface area contributed by atoms with Crippen LogP contribution >= 0.6 is 0 Å². The molecule has 0 aromatic carbocycles. The molecule has 3 heterocycles. The van der Waals surface area contributed by atoms with Crippen molar-refractivity contribution in [3.63, 3.8) is 0 Å². The van der Waals surface area contributed by atoms with Gasteiger partial charge in [0.2, 0.25) is 5.91 Å². The predicted octanol–water partition coefficient (Wildman–Crippen LogP) is 6.07. The van der Waals surface area contributed by atoms with Crippen LogP contribution in [0.15, 0.2) is 47.6 Å². The molecule has 1 saturated carbocycles. The van der Waals surface area contributed by atoms with Gasteiger partial charge in [-0.3, -0.25) is 14.4 Å². The van der Waals surface area contributed by atoms with E-state index in [2.05, 4.69) is 0 Å². The first-order chi connectivity index (χ1) is 28.3. The van der Waals surface area contributed by atoms with Crippen molar-refractivity contribution < 1.29 is 54.2 Å². The Bertz CT molecular complexity index is 1590. The molecule has 60 heavy (non-hydrogen) atoms. The van der Waals surface area contributed by atoms with E-state index < -0.39 is 66.2 Å². The van der Waals surface area contributed by atoms with Crippen LogP contribution in [0, 0.1) is 35.5 Å². The Kier molecular flexibility index (Phi) is 19.0. The summed E-state index contributed by atoms with van der Waals surface area (Å²) in [5.41, 5.74) is 1.22. The van der Waals surface area contributed by atoms with Gasteiger partial charge in [0.1, 0.15) is 23.7 Å². The first kappa shape index (κ1) is 49.7. The molecule has 4 rings (SSSR count). The van der Waals surface area contributed by atoms with Gasteiger partial charge >= 0.3 is 5.97 Å². The molecule has 4 aliphatic rings. The topological polar surface area (TPSA) is 191 Å². The first-order valence-electron chi connectivity index (χ1n) is 22.7. The number of esters is 1. The minimum absolute atomic E-state index is 0.0446. The number of aliphatic hydroxyl groups excluding tert-OH is 4. The number of cyclic esters (lactones) is 1. The molecule has 2 bridgehead atoms. The van der Waals surface area contributed by atoms with Crippen molar-refractivity contribution in [3.8, 4) is 0 Å². The van der Waals surface area contributed by atoms with Crippen molar-refractivity contribution in [2.75, 3.05) is 6.54 Å². The lowest BCUT2D eigenvalue weighted by molar-refractivity contribution is -0.283. The number of nitrogens with zero attached hydrogens (tertiary/aromatic N) is 1. The molecule has 0 spiro atoms. The largest absolute Gasteiger partial charge is 0.460 e. The number of ketones is 2. The van der Waals surface area contributed by atoms with E-state index in [4.69, 9.17) is 9.47 Å². The Morgan fingerprint density at radius 2 is 1.53 bits per heavy atom. The Hall–Kier alpha value is -3.00. The van der Waals surface area contributed by atoms with Crippen molar-refractivity contribution >= 4 is 23.4 Å². The molecule has 14 atom stereocenters. The Balaban J connectivity index is 1.62. The summed E-state index contributed by atoms with van der Waals surface area (Å²) in [6.07, 6.45) is 11.4. The number of hydrogen-bond donors (Lipinski definition) is 5. The minimum atomic E-state index is -1.80. The number of carbonyl (C=O) groups is 4. The maximum absolute atomic E-state index is 14.2. The third-order valence-corrected chi connectivity index (χ3v) is 13.7.